The van der Waals surface area contributed by atoms with E-state index in [9.17, 15) is 13.5 Å². The van der Waals surface area contributed by atoms with Gasteiger partial charge in [-0.15, -0.1) is 0 Å². The molecule has 0 bridgehead atoms. The van der Waals surface area contributed by atoms with Crippen LogP contribution in [-0.4, -0.2) is 38.6 Å². The topological polar surface area (TPSA) is 84.9 Å². The summed E-state index contributed by atoms with van der Waals surface area (Å²) < 4.78 is 36.9. The van der Waals surface area contributed by atoms with Crippen LogP contribution in [0.4, 0.5) is 5.69 Å². The summed E-state index contributed by atoms with van der Waals surface area (Å²) in [6.45, 7) is 5.93. The van der Waals surface area contributed by atoms with Gasteiger partial charge in [0.15, 0.2) is 0 Å². The fraction of sp³-hybridized carbons (Fsp3) is 0.571. The molecule has 0 spiro atoms. The van der Waals surface area contributed by atoms with E-state index in [-0.39, 0.29) is 25.1 Å². The van der Waals surface area contributed by atoms with Crippen molar-refractivity contribution in [2.45, 2.75) is 33.5 Å². The van der Waals surface area contributed by atoms with E-state index >= 15 is 0 Å². The van der Waals surface area contributed by atoms with Crippen molar-refractivity contribution in [2.24, 2.45) is 0 Å². The average Bonchev–Trinajstić information content (AvgIpc) is 2.39. The Kier molecular flexibility index (Phi) is 6.94. The summed E-state index contributed by atoms with van der Waals surface area (Å²) in [6, 6.07) is 4.80. The van der Waals surface area contributed by atoms with E-state index in [1.165, 1.54) is 0 Å². The highest BCUT2D eigenvalue weighted by molar-refractivity contribution is 7.92. The van der Waals surface area contributed by atoms with Gasteiger partial charge in [-0.05, 0) is 39.0 Å². The number of anilines is 1. The normalized spacial score (nSPS) is 11.7. The van der Waals surface area contributed by atoms with E-state index in [1.807, 2.05) is 20.8 Å². The first-order chi connectivity index (χ1) is 9.88. The Hall–Kier alpha value is -1.31. The third kappa shape index (κ3) is 6.33. The Labute approximate surface area is 126 Å². The Morgan fingerprint density at radius 1 is 1.33 bits per heavy atom. The van der Waals surface area contributed by atoms with Crippen molar-refractivity contribution in [1.29, 1.82) is 0 Å². The van der Waals surface area contributed by atoms with Gasteiger partial charge in [-0.1, -0.05) is 0 Å². The molecule has 0 radical (unpaired) electrons. The molecule has 21 heavy (non-hydrogen) atoms. The van der Waals surface area contributed by atoms with Crippen LogP contribution >= 0.6 is 0 Å². The molecule has 0 aliphatic rings. The maximum atomic E-state index is 11.9. The molecular weight excluding hydrogens is 294 g/mol. The van der Waals surface area contributed by atoms with Crippen molar-refractivity contribution < 1.29 is 23.0 Å². The molecule has 7 heteroatoms. The summed E-state index contributed by atoms with van der Waals surface area (Å²) in [5.41, 5.74) is 0.933. The van der Waals surface area contributed by atoms with Crippen LogP contribution in [0.1, 0.15) is 26.3 Å². The fourth-order valence-corrected chi connectivity index (χ4v) is 2.59. The maximum absolute atomic E-state index is 11.9. The lowest BCUT2D eigenvalue weighted by atomic mass is 10.2. The molecule has 120 valence electrons. The van der Waals surface area contributed by atoms with Gasteiger partial charge >= 0.3 is 0 Å². The molecule has 0 saturated heterocycles. The average molecular weight is 317 g/mol. The molecular formula is C14H23NO5S. The summed E-state index contributed by atoms with van der Waals surface area (Å²) in [5, 5.41) is 9.29. The summed E-state index contributed by atoms with van der Waals surface area (Å²) in [4.78, 5) is 0. The number of aliphatic hydroxyl groups is 1. The molecule has 1 rings (SSSR count). The quantitative estimate of drug-likeness (QED) is 0.725. The third-order valence-electron chi connectivity index (χ3n) is 2.61. The third-order valence-corrected chi connectivity index (χ3v) is 3.86. The molecule has 1 aromatic carbocycles. The van der Waals surface area contributed by atoms with Crippen LogP contribution in [0, 0.1) is 0 Å². The zero-order chi connectivity index (χ0) is 15.9. The van der Waals surface area contributed by atoms with Crippen LogP contribution < -0.4 is 9.46 Å². The molecule has 2 N–H and O–H groups in total. The summed E-state index contributed by atoms with van der Waals surface area (Å²) in [5.74, 6) is 0.429. The SMILES string of the molecule is CCOc1ccc(NS(=O)(=O)CCOC(C)C)cc1CO. The molecule has 0 amide bonds. The molecule has 0 unspecified atom stereocenters. The fourth-order valence-electron chi connectivity index (χ4n) is 1.69. The highest BCUT2D eigenvalue weighted by Gasteiger charge is 2.12. The van der Waals surface area contributed by atoms with Crippen LogP contribution in [-0.2, 0) is 21.4 Å². The minimum Gasteiger partial charge on any atom is -0.494 e. The van der Waals surface area contributed by atoms with Gasteiger partial charge in [-0.25, -0.2) is 8.42 Å². The number of ether oxygens (including phenoxy) is 2. The first-order valence-electron chi connectivity index (χ1n) is 6.86. The van der Waals surface area contributed by atoms with Crippen molar-refractivity contribution in [3.8, 4) is 5.75 Å². The standard InChI is InChI=1S/C14H23NO5S/c1-4-19-14-6-5-13(9-12(14)10-16)15-21(17,18)8-7-20-11(2)3/h5-6,9,11,15-16H,4,7-8,10H2,1-3H3. The van der Waals surface area contributed by atoms with Crippen LogP contribution in [0.15, 0.2) is 18.2 Å². The van der Waals surface area contributed by atoms with Gasteiger partial charge < -0.3 is 14.6 Å². The van der Waals surface area contributed by atoms with Crippen molar-refractivity contribution >= 4 is 15.7 Å². The smallest absolute Gasteiger partial charge is 0.235 e. The Morgan fingerprint density at radius 3 is 2.62 bits per heavy atom. The maximum Gasteiger partial charge on any atom is 0.235 e. The van der Waals surface area contributed by atoms with Gasteiger partial charge in [0.25, 0.3) is 0 Å². The van der Waals surface area contributed by atoms with E-state index < -0.39 is 10.0 Å². The molecule has 0 aromatic heterocycles. The zero-order valence-corrected chi connectivity index (χ0v) is 13.4. The largest absolute Gasteiger partial charge is 0.494 e. The van der Waals surface area contributed by atoms with E-state index in [4.69, 9.17) is 9.47 Å². The minimum atomic E-state index is -3.48. The molecule has 0 atom stereocenters. The lowest BCUT2D eigenvalue weighted by Gasteiger charge is -2.13. The number of hydrogen-bond donors (Lipinski definition) is 2. The number of aliphatic hydroxyl groups excluding tert-OH is 1. The molecule has 6 nitrogen and oxygen atoms in total. The number of rotatable bonds is 9. The van der Waals surface area contributed by atoms with Gasteiger partial charge in [-0.3, -0.25) is 4.72 Å². The second kappa shape index (κ2) is 8.21. The van der Waals surface area contributed by atoms with Crippen LogP contribution in [0.2, 0.25) is 0 Å². The van der Waals surface area contributed by atoms with Crippen molar-refractivity contribution in [3.05, 3.63) is 23.8 Å². The predicted octanol–water partition coefficient (Wildman–Crippen LogP) is 1.74. The summed E-state index contributed by atoms with van der Waals surface area (Å²) >= 11 is 0. The summed E-state index contributed by atoms with van der Waals surface area (Å²) in [6.07, 6.45) is -0.00772. The van der Waals surface area contributed by atoms with E-state index in [1.54, 1.807) is 18.2 Å². The van der Waals surface area contributed by atoms with Crippen molar-refractivity contribution in [2.75, 3.05) is 23.7 Å². The zero-order valence-electron chi connectivity index (χ0n) is 12.6. The van der Waals surface area contributed by atoms with Gasteiger partial charge in [0.2, 0.25) is 10.0 Å². The van der Waals surface area contributed by atoms with E-state index in [0.29, 0.717) is 23.6 Å². The lowest BCUT2D eigenvalue weighted by molar-refractivity contribution is 0.0913. The number of hydrogen-bond acceptors (Lipinski definition) is 5. The highest BCUT2D eigenvalue weighted by Crippen LogP contribution is 2.23. The molecule has 0 heterocycles. The Balaban J connectivity index is 2.73. The first kappa shape index (κ1) is 17.7. The minimum absolute atomic E-state index is 0.00772. The van der Waals surface area contributed by atoms with Crippen LogP contribution in [0.25, 0.3) is 0 Å². The molecule has 0 aliphatic carbocycles. The second-order valence-electron chi connectivity index (χ2n) is 4.75. The van der Waals surface area contributed by atoms with Gasteiger partial charge in [0, 0.05) is 11.3 Å². The lowest BCUT2D eigenvalue weighted by Crippen LogP contribution is -2.21. The van der Waals surface area contributed by atoms with E-state index in [0.717, 1.165) is 0 Å². The van der Waals surface area contributed by atoms with E-state index in [2.05, 4.69) is 4.72 Å². The number of benzene rings is 1. The monoisotopic (exact) mass is 317 g/mol. The van der Waals surface area contributed by atoms with Gasteiger partial charge in [0.05, 0.1) is 31.7 Å². The first-order valence-corrected chi connectivity index (χ1v) is 8.52. The molecule has 0 fully saturated rings. The second-order valence-corrected chi connectivity index (χ2v) is 6.60. The Bertz CT molecular complexity index is 542. The van der Waals surface area contributed by atoms with Crippen LogP contribution in [0.5, 0.6) is 5.75 Å². The van der Waals surface area contributed by atoms with Gasteiger partial charge in [-0.2, -0.15) is 0 Å². The van der Waals surface area contributed by atoms with Crippen molar-refractivity contribution in [3.63, 3.8) is 0 Å². The number of sulfonamides is 1. The summed E-state index contributed by atoms with van der Waals surface area (Å²) in [7, 11) is -3.48. The molecule has 1 aromatic rings. The van der Waals surface area contributed by atoms with Crippen molar-refractivity contribution in [1.82, 2.24) is 0 Å². The Morgan fingerprint density at radius 2 is 2.05 bits per heavy atom. The van der Waals surface area contributed by atoms with Crippen LogP contribution in [0.3, 0.4) is 0 Å². The van der Waals surface area contributed by atoms with Gasteiger partial charge in [0.1, 0.15) is 5.75 Å². The molecule has 0 aliphatic heterocycles. The predicted molar refractivity (Wildman–Crippen MR) is 82.0 cm³/mol. The molecule has 0 saturated carbocycles. The number of nitrogens with one attached hydrogen (secondary N) is 1. The highest BCUT2D eigenvalue weighted by atomic mass is 32.2.